The monoisotopic (exact) mass is 390 g/mol. The number of hydrogen-bond acceptors (Lipinski definition) is 4. The minimum absolute atomic E-state index is 0.343. The first-order chi connectivity index (χ1) is 13.1. The van der Waals surface area contributed by atoms with Gasteiger partial charge < -0.3 is 4.90 Å². The molecule has 0 unspecified atom stereocenters. The zero-order valence-electron chi connectivity index (χ0n) is 19.6. The second kappa shape index (κ2) is 7.83. The summed E-state index contributed by atoms with van der Waals surface area (Å²) in [6, 6.07) is 2.50. The number of hydrogen-bond donors (Lipinski definition) is 0. The van der Waals surface area contributed by atoms with Gasteiger partial charge in [-0.1, -0.05) is 0 Å². The summed E-state index contributed by atoms with van der Waals surface area (Å²) in [5.74, 6) is 0.938. The Kier molecular flexibility index (Phi) is 5.90. The maximum atomic E-state index is 2.86. The molecule has 4 nitrogen and oxygen atoms in total. The molecule has 2 bridgehead atoms. The number of piperazine rings is 1. The molecule has 4 rings (SSSR count). The van der Waals surface area contributed by atoms with Gasteiger partial charge in [-0.15, -0.1) is 0 Å². The predicted octanol–water partition coefficient (Wildman–Crippen LogP) is 3.52. The molecule has 162 valence electrons. The summed E-state index contributed by atoms with van der Waals surface area (Å²) in [6.07, 6.45) is 7.02. The van der Waals surface area contributed by atoms with E-state index in [1.807, 2.05) is 0 Å². The SMILES string of the molecule is CC(C)(C)N1CCC(N2CCC(CN3C[C@@H]4C[C@H]3CN4C(C)(C)C)CC2)CC1. The predicted molar refractivity (Wildman–Crippen MR) is 119 cm³/mol. The quantitative estimate of drug-likeness (QED) is 0.731. The fourth-order valence-electron chi connectivity index (χ4n) is 6.53. The molecule has 0 radical (unpaired) electrons. The second-order valence-corrected chi connectivity index (χ2v) is 12.2. The third-order valence-electron chi connectivity index (χ3n) is 8.29. The van der Waals surface area contributed by atoms with Crippen LogP contribution in [-0.4, -0.2) is 94.6 Å². The maximum absolute atomic E-state index is 2.86. The Morgan fingerprint density at radius 3 is 1.82 bits per heavy atom. The average Bonchev–Trinajstić information content (AvgIpc) is 3.22. The maximum Gasteiger partial charge on any atom is 0.0244 e. The van der Waals surface area contributed by atoms with Gasteiger partial charge >= 0.3 is 0 Å². The molecule has 0 aromatic rings. The number of nitrogens with zero attached hydrogens (tertiary/aromatic N) is 4. The molecule has 28 heavy (non-hydrogen) atoms. The van der Waals surface area contributed by atoms with E-state index in [9.17, 15) is 0 Å². The van der Waals surface area contributed by atoms with Crippen LogP contribution >= 0.6 is 0 Å². The number of fused-ring (bicyclic) bond motifs is 2. The van der Waals surface area contributed by atoms with Crippen molar-refractivity contribution in [2.24, 2.45) is 5.92 Å². The van der Waals surface area contributed by atoms with E-state index in [4.69, 9.17) is 0 Å². The Morgan fingerprint density at radius 2 is 1.32 bits per heavy atom. The smallest absolute Gasteiger partial charge is 0.0244 e. The van der Waals surface area contributed by atoms with Crippen LogP contribution in [-0.2, 0) is 0 Å². The van der Waals surface area contributed by atoms with Crippen LogP contribution in [0.2, 0.25) is 0 Å². The zero-order chi connectivity index (χ0) is 20.1. The molecule has 4 saturated heterocycles. The molecule has 0 N–H and O–H groups in total. The summed E-state index contributed by atoms with van der Waals surface area (Å²) in [7, 11) is 0. The van der Waals surface area contributed by atoms with E-state index >= 15 is 0 Å². The lowest BCUT2D eigenvalue weighted by Crippen LogP contribution is -2.55. The minimum Gasteiger partial charge on any atom is -0.300 e. The molecular weight excluding hydrogens is 344 g/mol. The fraction of sp³-hybridized carbons (Fsp3) is 1.00. The van der Waals surface area contributed by atoms with E-state index in [-0.39, 0.29) is 0 Å². The van der Waals surface area contributed by atoms with Gasteiger partial charge in [-0.2, -0.15) is 0 Å². The van der Waals surface area contributed by atoms with Crippen LogP contribution in [0.3, 0.4) is 0 Å². The highest BCUT2D eigenvalue weighted by Gasteiger charge is 2.47. The highest BCUT2D eigenvalue weighted by molar-refractivity contribution is 5.03. The van der Waals surface area contributed by atoms with E-state index in [2.05, 4.69) is 61.1 Å². The van der Waals surface area contributed by atoms with Crippen LogP contribution in [0.25, 0.3) is 0 Å². The van der Waals surface area contributed by atoms with Crippen LogP contribution in [0, 0.1) is 5.92 Å². The van der Waals surface area contributed by atoms with Crippen LogP contribution in [0.15, 0.2) is 0 Å². The van der Waals surface area contributed by atoms with Gasteiger partial charge in [-0.25, -0.2) is 0 Å². The van der Waals surface area contributed by atoms with Gasteiger partial charge in [0.15, 0.2) is 0 Å². The molecule has 0 aliphatic carbocycles. The normalized spacial score (nSPS) is 33.2. The van der Waals surface area contributed by atoms with E-state index < -0.39 is 0 Å². The van der Waals surface area contributed by atoms with Crippen molar-refractivity contribution >= 4 is 0 Å². The van der Waals surface area contributed by atoms with Crippen LogP contribution < -0.4 is 0 Å². The van der Waals surface area contributed by atoms with Gasteiger partial charge in [0.25, 0.3) is 0 Å². The fourth-order valence-corrected chi connectivity index (χ4v) is 6.53. The van der Waals surface area contributed by atoms with Gasteiger partial charge in [0, 0.05) is 61.9 Å². The molecule has 0 saturated carbocycles. The first kappa shape index (κ1) is 21.1. The summed E-state index contributed by atoms with van der Waals surface area (Å²) in [6.45, 7) is 23.5. The van der Waals surface area contributed by atoms with Gasteiger partial charge in [0.05, 0.1) is 0 Å². The summed E-state index contributed by atoms with van der Waals surface area (Å²) >= 11 is 0. The van der Waals surface area contributed by atoms with E-state index in [1.165, 1.54) is 77.9 Å². The van der Waals surface area contributed by atoms with Crippen molar-refractivity contribution < 1.29 is 0 Å². The lowest BCUT2D eigenvalue weighted by Gasteiger charge is -2.46. The third kappa shape index (κ3) is 4.45. The van der Waals surface area contributed by atoms with Crippen molar-refractivity contribution in [3.63, 3.8) is 0 Å². The Hall–Kier alpha value is -0.160. The van der Waals surface area contributed by atoms with Crippen molar-refractivity contribution in [3.05, 3.63) is 0 Å². The Morgan fingerprint density at radius 1 is 0.679 bits per heavy atom. The zero-order valence-corrected chi connectivity index (χ0v) is 19.6. The van der Waals surface area contributed by atoms with Crippen LogP contribution in [0.1, 0.15) is 73.6 Å². The lowest BCUT2D eigenvalue weighted by molar-refractivity contribution is 0.0261. The number of rotatable bonds is 3. The molecule has 4 fully saturated rings. The largest absolute Gasteiger partial charge is 0.300 e. The van der Waals surface area contributed by atoms with Crippen molar-refractivity contribution in [1.82, 2.24) is 19.6 Å². The standard InChI is InChI=1S/C24H46N4/c1-23(2,3)27-13-9-20(10-14-27)25-11-7-19(8-12-25)16-26-17-22-15-21(26)18-28(22)24(4,5)6/h19-22H,7-18H2,1-6H3/t21-,22-/m0/s1. The van der Waals surface area contributed by atoms with Crippen molar-refractivity contribution in [1.29, 1.82) is 0 Å². The van der Waals surface area contributed by atoms with Gasteiger partial charge in [0.1, 0.15) is 0 Å². The van der Waals surface area contributed by atoms with E-state index in [0.717, 1.165) is 24.0 Å². The van der Waals surface area contributed by atoms with E-state index in [1.54, 1.807) is 0 Å². The molecule has 0 aromatic heterocycles. The number of likely N-dealkylation sites (tertiary alicyclic amines) is 4. The Balaban J connectivity index is 1.19. The van der Waals surface area contributed by atoms with Crippen LogP contribution in [0.5, 0.6) is 0 Å². The average molecular weight is 391 g/mol. The topological polar surface area (TPSA) is 13.0 Å². The molecule has 4 aliphatic rings. The molecule has 0 aromatic carbocycles. The van der Waals surface area contributed by atoms with E-state index in [0.29, 0.717) is 11.1 Å². The first-order valence-electron chi connectivity index (χ1n) is 12.1. The summed E-state index contributed by atoms with van der Waals surface area (Å²) in [4.78, 5) is 11.1. The van der Waals surface area contributed by atoms with Crippen molar-refractivity contribution in [2.45, 2.75) is 103 Å². The lowest BCUT2D eigenvalue weighted by atomic mass is 9.91. The summed E-state index contributed by atoms with van der Waals surface area (Å²) in [5.41, 5.74) is 0.690. The van der Waals surface area contributed by atoms with Gasteiger partial charge in [-0.3, -0.25) is 14.7 Å². The molecular formula is C24H46N4. The third-order valence-corrected chi connectivity index (χ3v) is 8.29. The van der Waals surface area contributed by atoms with Crippen molar-refractivity contribution in [3.8, 4) is 0 Å². The van der Waals surface area contributed by atoms with Gasteiger partial charge in [0.2, 0.25) is 0 Å². The van der Waals surface area contributed by atoms with Crippen molar-refractivity contribution in [2.75, 3.05) is 45.8 Å². The minimum atomic E-state index is 0.343. The number of piperidine rings is 2. The second-order valence-electron chi connectivity index (χ2n) is 12.2. The Labute approximate surface area is 174 Å². The molecule has 4 heterocycles. The highest BCUT2D eigenvalue weighted by atomic mass is 15.4. The van der Waals surface area contributed by atoms with Gasteiger partial charge in [-0.05, 0) is 92.7 Å². The highest BCUT2D eigenvalue weighted by Crippen LogP contribution is 2.37. The molecule has 0 amide bonds. The van der Waals surface area contributed by atoms with Crippen LogP contribution in [0.4, 0.5) is 0 Å². The first-order valence-corrected chi connectivity index (χ1v) is 12.1. The molecule has 4 aliphatic heterocycles. The molecule has 4 heteroatoms. The Bertz CT molecular complexity index is 518. The summed E-state index contributed by atoms with van der Waals surface area (Å²) in [5, 5.41) is 0. The molecule has 0 spiro atoms. The summed E-state index contributed by atoms with van der Waals surface area (Å²) < 4.78 is 0. The molecule has 2 atom stereocenters.